The Bertz CT molecular complexity index is 808. The van der Waals surface area contributed by atoms with E-state index in [9.17, 15) is 14.7 Å². The molecule has 0 unspecified atom stereocenters. The number of rotatable bonds is 12. The first-order chi connectivity index (χ1) is 14.5. The zero-order valence-corrected chi connectivity index (χ0v) is 17.8. The van der Waals surface area contributed by atoms with Gasteiger partial charge in [0.05, 0.1) is 12.7 Å². The zero-order valence-electron chi connectivity index (χ0n) is 17.8. The van der Waals surface area contributed by atoms with Crippen molar-refractivity contribution in [1.29, 1.82) is 0 Å². The van der Waals surface area contributed by atoms with Gasteiger partial charge < -0.3 is 20.5 Å². The second-order valence-electron chi connectivity index (χ2n) is 7.31. The van der Waals surface area contributed by atoms with Crippen molar-refractivity contribution in [3.05, 3.63) is 59.7 Å². The lowest BCUT2D eigenvalue weighted by Gasteiger charge is -2.17. The van der Waals surface area contributed by atoms with Crippen LogP contribution in [-0.4, -0.2) is 36.7 Å². The van der Waals surface area contributed by atoms with Crippen LogP contribution in [0.1, 0.15) is 54.9 Å². The largest absolute Gasteiger partial charge is 0.507 e. The van der Waals surface area contributed by atoms with Crippen molar-refractivity contribution >= 4 is 17.6 Å². The minimum atomic E-state index is -0.842. The van der Waals surface area contributed by atoms with Crippen LogP contribution in [0.5, 0.6) is 5.75 Å². The second-order valence-corrected chi connectivity index (χ2v) is 7.31. The summed E-state index contributed by atoms with van der Waals surface area (Å²) in [5.41, 5.74) is 1.77. The molecule has 0 aliphatic carbocycles. The van der Waals surface area contributed by atoms with E-state index >= 15 is 0 Å². The maximum atomic E-state index is 12.7. The van der Waals surface area contributed by atoms with E-state index in [0.29, 0.717) is 6.42 Å². The lowest BCUT2D eigenvalue weighted by atomic mass is 10.1. The van der Waals surface area contributed by atoms with Crippen LogP contribution in [0.3, 0.4) is 0 Å². The molecule has 0 heterocycles. The summed E-state index contributed by atoms with van der Waals surface area (Å²) in [6.07, 6.45) is 6.23. The Kier molecular flexibility index (Phi) is 9.71. The normalized spacial score (nSPS) is 11.5. The van der Waals surface area contributed by atoms with Gasteiger partial charge in [0.15, 0.2) is 0 Å². The summed E-state index contributed by atoms with van der Waals surface area (Å²) in [7, 11) is 1.28. The molecule has 0 aromatic heterocycles. The van der Waals surface area contributed by atoms with Crippen LogP contribution < -0.4 is 10.6 Å². The number of carbonyl (C=O) groups is 2. The topological polar surface area (TPSA) is 87.7 Å². The Morgan fingerprint density at radius 2 is 1.77 bits per heavy atom. The summed E-state index contributed by atoms with van der Waals surface area (Å²) >= 11 is 0. The monoisotopic (exact) mass is 412 g/mol. The van der Waals surface area contributed by atoms with Crippen molar-refractivity contribution in [1.82, 2.24) is 5.32 Å². The molecule has 0 spiro atoms. The van der Waals surface area contributed by atoms with Crippen molar-refractivity contribution in [3.63, 3.8) is 0 Å². The van der Waals surface area contributed by atoms with Crippen LogP contribution in [0, 0.1) is 0 Å². The van der Waals surface area contributed by atoms with Gasteiger partial charge >= 0.3 is 5.97 Å². The number of carbonyl (C=O) groups excluding carboxylic acids is 2. The molecule has 0 saturated heterocycles. The van der Waals surface area contributed by atoms with Gasteiger partial charge in [-0.15, -0.1) is 0 Å². The lowest BCUT2D eigenvalue weighted by Crippen LogP contribution is -2.43. The molecule has 3 N–H and O–H groups in total. The highest BCUT2D eigenvalue weighted by Crippen LogP contribution is 2.22. The molecule has 0 aliphatic heterocycles. The van der Waals surface area contributed by atoms with Gasteiger partial charge in [0.1, 0.15) is 11.8 Å². The van der Waals surface area contributed by atoms with Crippen LogP contribution in [0.25, 0.3) is 0 Å². The number of methoxy groups -OCH3 is 1. The summed E-state index contributed by atoms with van der Waals surface area (Å²) in [4.78, 5) is 24.8. The highest BCUT2D eigenvalue weighted by atomic mass is 16.5. The first kappa shape index (κ1) is 23.3. The third kappa shape index (κ3) is 7.43. The molecular formula is C24H32N2O4. The van der Waals surface area contributed by atoms with E-state index in [4.69, 9.17) is 4.74 Å². The molecule has 1 amide bonds. The number of unbranched alkanes of at least 4 members (excludes halogenated alkanes) is 4. The predicted octanol–water partition coefficient (Wildman–Crippen LogP) is 4.29. The summed E-state index contributed by atoms with van der Waals surface area (Å²) in [6.45, 7) is 3.00. The summed E-state index contributed by atoms with van der Waals surface area (Å²) < 4.78 is 4.82. The van der Waals surface area contributed by atoms with Crippen molar-refractivity contribution in [3.8, 4) is 5.75 Å². The molecule has 0 saturated carbocycles. The number of ether oxygens (including phenoxy) is 1. The van der Waals surface area contributed by atoms with Gasteiger partial charge in [0, 0.05) is 24.7 Å². The van der Waals surface area contributed by atoms with E-state index in [1.807, 2.05) is 30.3 Å². The fourth-order valence-electron chi connectivity index (χ4n) is 3.22. The standard InChI is InChI=1S/C24H32N2O4/c1-3-4-5-6-10-15-25-19-13-14-20(22(27)17-19)23(28)26-21(24(29)30-2)16-18-11-8-7-9-12-18/h7-9,11-14,17,21,25,27H,3-6,10,15-16H2,1-2H3,(H,26,28)/t21-/m0/s1. The Morgan fingerprint density at radius 1 is 1.03 bits per heavy atom. The van der Waals surface area contributed by atoms with Gasteiger partial charge in [-0.2, -0.15) is 0 Å². The highest BCUT2D eigenvalue weighted by molar-refractivity contribution is 5.99. The number of nitrogens with one attached hydrogen (secondary N) is 2. The Morgan fingerprint density at radius 3 is 2.43 bits per heavy atom. The van der Waals surface area contributed by atoms with Crippen molar-refractivity contribution in [2.45, 2.75) is 51.5 Å². The lowest BCUT2D eigenvalue weighted by molar-refractivity contribution is -0.142. The molecule has 1 atom stereocenters. The SMILES string of the molecule is CCCCCCCNc1ccc(C(=O)N[C@@H](Cc2ccccc2)C(=O)OC)c(O)c1. The van der Waals surface area contributed by atoms with E-state index in [0.717, 1.165) is 24.2 Å². The van der Waals surface area contributed by atoms with Gasteiger partial charge in [0.25, 0.3) is 5.91 Å². The molecule has 162 valence electrons. The van der Waals surface area contributed by atoms with Crippen molar-refractivity contribution < 1.29 is 19.4 Å². The van der Waals surface area contributed by atoms with E-state index < -0.39 is 17.9 Å². The number of hydrogen-bond donors (Lipinski definition) is 3. The molecule has 0 radical (unpaired) electrons. The molecular weight excluding hydrogens is 380 g/mol. The zero-order chi connectivity index (χ0) is 21.8. The maximum Gasteiger partial charge on any atom is 0.328 e. The average molecular weight is 413 g/mol. The first-order valence-electron chi connectivity index (χ1n) is 10.5. The number of anilines is 1. The van der Waals surface area contributed by atoms with Gasteiger partial charge in [-0.1, -0.05) is 62.9 Å². The van der Waals surface area contributed by atoms with Crippen LogP contribution in [-0.2, 0) is 16.0 Å². The highest BCUT2D eigenvalue weighted by Gasteiger charge is 2.24. The Balaban J connectivity index is 1.96. The van der Waals surface area contributed by atoms with Crippen LogP contribution in [0.15, 0.2) is 48.5 Å². The molecule has 0 aliphatic rings. The Labute approximate surface area is 178 Å². The van der Waals surface area contributed by atoms with Gasteiger partial charge in [-0.3, -0.25) is 4.79 Å². The van der Waals surface area contributed by atoms with Crippen LogP contribution in [0.2, 0.25) is 0 Å². The fourth-order valence-corrected chi connectivity index (χ4v) is 3.22. The summed E-state index contributed by atoms with van der Waals surface area (Å²) in [5.74, 6) is -1.19. The predicted molar refractivity (Wildman–Crippen MR) is 119 cm³/mol. The van der Waals surface area contributed by atoms with Crippen molar-refractivity contribution in [2.75, 3.05) is 19.0 Å². The summed E-state index contributed by atoms with van der Waals surface area (Å²) in [6, 6.07) is 13.4. The fraction of sp³-hybridized carbons (Fsp3) is 0.417. The molecule has 2 rings (SSSR count). The number of hydrogen-bond acceptors (Lipinski definition) is 5. The number of benzene rings is 2. The number of phenols is 1. The number of phenolic OH excluding ortho intramolecular Hbond substituents is 1. The smallest absolute Gasteiger partial charge is 0.328 e. The number of esters is 1. The van der Waals surface area contributed by atoms with E-state index in [1.54, 1.807) is 12.1 Å². The maximum absolute atomic E-state index is 12.7. The van der Waals surface area contributed by atoms with Crippen molar-refractivity contribution in [2.24, 2.45) is 0 Å². The third-order valence-electron chi connectivity index (χ3n) is 4.93. The van der Waals surface area contributed by atoms with Gasteiger partial charge in [-0.25, -0.2) is 4.79 Å². The first-order valence-corrected chi connectivity index (χ1v) is 10.5. The molecule has 2 aromatic carbocycles. The second kappa shape index (κ2) is 12.5. The molecule has 0 fully saturated rings. The van der Waals surface area contributed by atoms with Crippen LogP contribution in [0.4, 0.5) is 5.69 Å². The number of amides is 1. The van der Waals surface area contributed by atoms with E-state index in [-0.39, 0.29) is 11.3 Å². The number of aromatic hydroxyl groups is 1. The minimum Gasteiger partial charge on any atom is -0.507 e. The quantitative estimate of drug-likeness (QED) is 0.358. The van der Waals surface area contributed by atoms with Crippen LogP contribution >= 0.6 is 0 Å². The molecule has 2 aromatic rings. The van der Waals surface area contributed by atoms with E-state index in [1.165, 1.54) is 38.9 Å². The van der Waals surface area contributed by atoms with Gasteiger partial charge in [0.2, 0.25) is 0 Å². The average Bonchev–Trinajstić information content (AvgIpc) is 2.75. The molecule has 6 heteroatoms. The minimum absolute atomic E-state index is 0.116. The summed E-state index contributed by atoms with van der Waals surface area (Å²) in [5, 5.41) is 16.3. The molecule has 0 bridgehead atoms. The molecule has 6 nitrogen and oxygen atoms in total. The molecule has 30 heavy (non-hydrogen) atoms. The van der Waals surface area contributed by atoms with Gasteiger partial charge in [-0.05, 0) is 24.1 Å². The van der Waals surface area contributed by atoms with E-state index in [2.05, 4.69) is 17.6 Å². The Hall–Kier alpha value is -3.02. The third-order valence-corrected chi connectivity index (χ3v) is 4.93.